The third kappa shape index (κ3) is 79.3. The molecule has 6 heteroatoms. The quantitative estimate of drug-likeness (QED) is 0.0320. The monoisotopic (exact) mass is 1320 g/mol. The molecule has 0 aromatic rings. The highest BCUT2D eigenvalue weighted by atomic mass is 16.5. The van der Waals surface area contributed by atoms with Gasteiger partial charge in [-0.05, 0) is 57.8 Å². The Morgan fingerprint density at radius 1 is 0.298 bits per heavy atom. The summed E-state index contributed by atoms with van der Waals surface area (Å²) in [5, 5.41) is 23.5. The first-order valence-electron chi connectivity index (χ1n) is 43.6. The van der Waals surface area contributed by atoms with E-state index in [4.69, 9.17) is 4.74 Å². The summed E-state index contributed by atoms with van der Waals surface area (Å²) in [4.78, 5) is 24.7. The highest BCUT2D eigenvalue weighted by Crippen LogP contribution is 2.21. The number of rotatable bonds is 83. The van der Waals surface area contributed by atoms with Gasteiger partial charge in [-0.15, -0.1) is 0 Å². The second-order valence-electron chi connectivity index (χ2n) is 30.2. The van der Waals surface area contributed by atoms with Crippen molar-refractivity contribution in [1.29, 1.82) is 0 Å². The van der Waals surface area contributed by atoms with Gasteiger partial charge in [-0.1, -0.05) is 456 Å². The Bertz CT molecular complexity index is 1480. The summed E-state index contributed by atoms with van der Waals surface area (Å²) in [5.41, 5.74) is 0. The van der Waals surface area contributed by atoms with Crippen LogP contribution in [0.25, 0.3) is 0 Å². The summed E-state index contributed by atoms with van der Waals surface area (Å²) < 4.78 is 5.51. The van der Waals surface area contributed by atoms with Crippen molar-refractivity contribution in [3.63, 3.8) is 0 Å². The zero-order valence-corrected chi connectivity index (χ0v) is 64.2. The molecule has 6 nitrogen and oxygen atoms in total. The van der Waals surface area contributed by atoms with Gasteiger partial charge in [0, 0.05) is 12.8 Å². The lowest BCUT2D eigenvalue weighted by Crippen LogP contribution is -2.45. The third-order valence-electron chi connectivity index (χ3n) is 20.8. The van der Waals surface area contributed by atoms with Crippen LogP contribution < -0.4 is 5.32 Å². The van der Waals surface area contributed by atoms with E-state index in [-0.39, 0.29) is 18.5 Å². The number of unbranched alkanes of at least 4 members (excludes halogenated alkanes) is 68. The molecular formula is C88H171NO5. The predicted molar refractivity (Wildman–Crippen MR) is 417 cm³/mol. The Kier molecular flexibility index (Phi) is 82.3. The number of carbonyl (C=O) groups excluding carboxylic acids is 2. The van der Waals surface area contributed by atoms with Gasteiger partial charge in [0.15, 0.2) is 0 Å². The van der Waals surface area contributed by atoms with Gasteiger partial charge in [0.25, 0.3) is 0 Å². The number of esters is 1. The van der Waals surface area contributed by atoms with Crippen molar-refractivity contribution < 1.29 is 24.5 Å². The molecule has 0 radical (unpaired) electrons. The molecule has 0 saturated heterocycles. The Morgan fingerprint density at radius 3 is 0.830 bits per heavy atom. The van der Waals surface area contributed by atoms with E-state index in [1.165, 1.54) is 417 Å². The van der Waals surface area contributed by atoms with Crippen LogP contribution in [0.15, 0.2) is 24.3 Å². The second-order valence-corrected chi connectivity index (χ2v) is 30.2. The Hall–Kier alpha value is -1.66. The van der Waals surface area contributed by atoms with E-state index in [1.54, 1.807) is 0 Å². The van der Waals surface area contributed by atoms with Crippen LogP contribution >= 0.6 is 0 Å². The first-order chi connectivity index (χ1) is 46.5. The molecule has 0 aromatic heterocycles. The molecule has 0 saturated carbocycles. The average molecular weight is 1320 g/mol. The lowest BCUT2D eigenvalue weighted by Gasteiger charge is -2.22. The van der Waals surface area contributed by atoms with Gasteiger partial charge in [0.05, 0.1) is 25.4 Å². The van der Waals surface area contributed by atoms with Gasteiger partial charge in [0.2, 0.25) is 5.91 Å². The highest BCUT2D eigenvalue weighted by molar-refractivity contribution is 5.76. The van der Waals surface area contributed by atoms with E-state index in [9.17, 15) is 19.8 Å². The van der Waals surface area contributed by atoms with Gasteiger partial charge < -0.3 is 20.3 Å². The average Bonchev–Trinajstić information content (AvgIpc) is 3.55. The molecule has 0 aliphatic heterocycles. The van der Waals surface area contributed by atoms with Gasteiger partial charge in [-0.25, -0.2) is 0 Å². The Balaban J connectivity index is 3.29. The number of carbonyl (C=O) groups is 2. The van der Waals surface area contributed by atoms with Crippen molar-refractivity contribution in [1.82, 2.24) is 5.32 Å². The fourth-order valence-electron chi connectivity index (χ4n) is 14.1. The maximum Gasteiger partial charge on any atom is 0.305 e. The number of ether oxygens (including phenoxy) is 1. The summed E-state index contributed by atoms with van der Waals surface area (Å²) in [5.74, 6) is -0.00560. The van der Waals surface area contributed by atoms with E-state index in [1.807, 2.05) is 0 Å². The first kappa shape index (κ1) is 92.3. The van der Waals surface area contributed by atoms with Crippen LogP contribution in [0.4, 0.5) is 0 Å². The molecule has 1 amide bonds. The number of hydrogen-bond donors (Lipinski definition) is 3. The maximum absolute atomic E-state index is 12.6. The molecule has 3 N–H and O–H groups in total. The number of nitrogens with one attached hydrogen (secondary N) is 1. The molecule has 2 atom stereocenters. The van der Waals surface area contributed by atoms with Crippen LogP contribution in [0.1, 0.15) is 502 Å². The fourth-order valence-corrected chi connectivity index (χ4v) is 14.1. The molecule has 94 heavy (non-hydrogen) atoms. The Labute approximate surface area is 590 Å². The van der Waals surface area contributed by atoms with E-state index in [2.05, 4.69) is 43.5 Å². The Morgan fingerprint density at radius 2 is 0.532 bits per heavy atom. The summed E-state index contributed by atoms with van der Waals surface area (Å²) in [6, 6.07) is -0.537. The molecule has 558 valence electrons. The zero-order valence-electron chi connectivity index (χ0n) is 64.2. The topological polar surface area (TPSA) is 95.9 Å². The minimum absolute atomic E-state index is 0.0173. The predicted octanol–water partition coefficient (Wildman–Crippen LogP) is 29.2. The summed E-state index contributed by atoms with van der Waals surface area (Å²) >= 11 is 0. The van der Waals surface area contributed by atoms with Crippen molar-refractivity contribution >= 4 is 11.9 Å². The summed E-state index contributed by atoms with van der Waals surface area (Å²) in [7, 11) is 0. The lowest BCUT2D eigenvalue weighted by atomic mass is 10.0. The van der Waals surface area contributed by atoms with Gasteiger partial charge in [0.1, 0.15) is 0 Å². The minimum atomic E-state index is -0.661. The molecule has 0 aromatic carbocycles. The highest BCUT2D eigenvalue weighted by Gasteiger charge is 2.20. The molecule has 0 spiro atoms. The number of aliphatic hydroxyl groups is 2. The summed E-state index contributed by atoms with van der Waals surface area (Å²) in [6.07, 6.45) is 109. The van der Waals surface area contributed by atoms with E-state index in [0.717, 1.165) is 51.4 Å². The van der Waals surface area contributed by atoms with Crippen LogP contribution in [-0.2, 0) is 14.3 Å². The minimum Gasteiger partial charge on any atom is -0.466 e. The van der Waals surface area contributed by atoms with Crippen LogP contribution in [0.2, 0.25) is 0 Å². The van der Waals surface area contributed by atoms with Crippen LogP contribution in [0.3, 0.4) is 0 Å². The molecule has 0 heterocycles. The van der Waals surface area contributed by atoms with Crippen LogP contribution in [0, 0.1) is 0 Å². The number of allylic oxidation sites excluding steroid dienone is 4. The van der Waals surface area contributed by atoms with E-state index >= 15 is 0 Å². The maximum atomic E-state index is 12.6. The van der Waals surface area contributed by atoms with Crippen molar-refractivity contribution in [3.05, 3.63) is 24.3 Å². The van der Waals surface area contributed by atoms with Crippen molar-refractivity contribution in [2.24, 2.45) is 0 Å². The largest absolute Gasteiger partial charge is 0.466 e. The van der Waals surface area contributed by atoms with Gasteiger partial charge in [-0.2, -0.15) is 0 Å². The fraction of sp³-hybridized carbons (Fsp3) is 0.932. The first-order valence-corrected chi connectivity index (χ1v) is 43.6. The summed E-state index contributed by atoms with van der Waals surface area (Å²) in [6.45, 7) is 4.99. The molecule has 0 aliphatic carbocycles. The third-order valence-corrected chi connectivity index (χ3v) is 20.8. The standard InChI is InChI=1S/C88H171NO5/c1-3-5-7-9-11-13-15-17-19-21-22-42-45-49-52-56-60-64-68-72-76-80-86(91)85(84-90)89-87(92)81-77-73-69-65-61-57-53-50-46-43-40-38-36-34-32-30-28-26-24-23-25-27-29-31-33-35-37-39-41-44-47-51-55-59-63-67-71-75-79-83-94-88(93)82-78-74-70-66-62-58-54-48-20-18-16-14-12-10-8-6-4-2/h12,14,18,20,85-86,90-91H,3-11,13,15-17,19,21-84H2,1-2H3,(H,89,92)/b14-12-,20-18-. The normalized spacial score (nSPS) is 12.5. The van der Waals surface area contributed by atoms with E-state index in [0.29, 0.717) is 25.9 Å². The number of aliphatic hydroxyl groups excluding tert-OH is 2. The zero-order chi connectivity index (χ0) is 67.7. The molecule has 0 bridgehead atoms. The van der Waals surface area contributed by atoms with Crippen LogP contribution in [0.5, 0.6) is 0 Å². The smallest absolute Gasteiger partial charge is 0.305 e. The van der Waals surface area contributed by atoms with Crippen LogP contribution in [-0.4, -0.2) is 47.4 Å². The molecule has 2 unspecified atom stereocenters. The van der Waals surface area contributed by atoms with Crippen molar-refractivity contribution in [3.8, 4) is 0 Å². The molecule has 0 fully saturated rings. The number of amides is 1. The molecule has 0 rings (SSSR count). The molecule has 0 aliphatic rings. The second kappa shape index (κ2) is 83.8. The van der Waals surface area contributed by atoms with E-state index < -0.39 is 12.1 Å². The number of hydrogen-bond acceptors (Lipinski definition) is 5. The van der Waals surface area contributed by atoms with Gasteiger partial charge in [-0.3, -0.25) is 9.59 Å². The van der Waals surface area contributed by atoms with Crippen molar-refractivity contribution in [2.45, 2.75) is 514 Å². The lowest BCUT2D eigenvalue weighted by molar-refractivity contribution is -0.143. The van der Waals surface area contributed by atoms with Gasteiger partial charge >= 0.3 is 5.97 Å². The van der Waals surface area contributed by atoms with Crippen molar-refractivity contribution in [2.75, 3.05) is 13.2 Å². The SMILES string of the molecule is CCCCC/C=C\C/C=C\CCCCCCCCCC(=O)OCCCCCCCCCCCCCCCCCCCCCCCCCCCCCCCCCCCCCCCCCC(=O)NC(CO)C(O)CCCCCCCCCCCCCCCCCCCCCCC. The molecular weight excluding hydrogens is 1150 g/mol.